The van der Waals surface area contributed by atoms with Crippen LogP contribution in [0, 0.1) is 6.92 Å². The Morgan fingerprint density at radius 2 is 1.76 bits per heavy atom. The lowest BCUT2D eigenvalue weighted by Gasteiger charge is -2.09. The monoisotopic (exact) mass is 432 g/mol. The fourth-order valence-corrected chi connectivity index (χ4v) is 2.91. The van der Waals surface area contributed by atoms with E-state index in [-0.39, 0.29) is 21.3 Å². The lowest BCUT2D eigenvalue weighted by molar-refractivity contribution is -0.112. The van der Waals surface area contributed by atoms with Crippen molar-refractivity contribution in [2.24, 2.45) is 10.1 Å². The molecule has 2 aromatic carbocycles. The molecular formula is C19H20N4O4S2. The zero-order valence-corrected chi connectivity index (χ0v) is 17.3. The van der Waals surface area contributed by atoms with Crippen molar-refractivity contribution in [3.8, 4) is 0 Å². The Balaban J connectivity index is 2.08. The van der Waals surface area contributed by atoms with Gasteiger partial charge >= 0.3 is 0 Å². The lowest BCUT2D eigenvalue weighted by Crippen LogP contribution is -2.18. The van der Waals surface area contributed by atoms with Gasteiger partial charge in [0.05, 0.1) is 10.5 Å². The zero-order chi connectivity index (χ0) is 21.6. The van der Waals surface area contributed by atoms with Crippen LogP contribution in [0.3, 0.4) is 0 Å². The number of amides is 1. The molecule has 0 saturated heterocycles. The van der Waals surface area contributed by atoms with E-state index in [9.17, 15) is 18.3 Å². The van der Waals surface area contributed by atoms with E-state index in [0.717, 1.165) is 11.8 Å². The molecule has 0 bridgehead atoms. The number of nitrogens with two attached hydrogens (primary N) is 1. The lowest BCUT2D eigenvalue weighted by atomic mass is 10.2. The van der Waals surface area contributed by atoms with Crippen LogP contribution in [-0.2, 0) is 14.8 Å². The molecule has 2 rings (SSSR count). The highest BCUT2D eigenvalue weighted by Crippen LogP contribution is 2.15. The van der Waals surface area contributed by atoms with Crippen molar-refractivity contribution in [2.45, 2.75) is 18.7 Å². The maximum Gasteiger partial charge on any atom is 0.260 e. The first-order valence-electron chi connectivity index (χ1n) is 8.32. The number of aryl methyl sites for hydroxylation is 1. The van der Waals surface area contributed by atoms with Crippen molar-refractivity contribution < 1.29 is 18.3 Å². The number of allylic oxidation sites excluding steroid dienone is 1. The Hall–Kier alpha value is -3.08. The number of rotatable bonds is 5. The molecule has 0 atom stereocenters. The van der Waals surface area contributed by atoms with Gasteiger partial charge in [0.2, 0.25) is 10.0 Å². The molecule has 0 saturated carbocycles. The van der Waals surface area contributed by atoms with Gasteiger partial charge in [-0.2, -0.15) is 0 Å². The summed E-state index contributed by atoms with van der Waals surface area (Å²) >= 11 is 5.10. The van der Waals surface area contributed by atoms with Gasteiger partial charge in [-0.1, -0.05) is 18.2 Å². The number of anilines is 2. The van der Waals surface area contributed by atoms with Crippen molar-refractivity contribution in [3.63, 3.8) is 0 Å². The van der Waals surface area contributed by atoms with Crippen LogP contribution >= 0.6 is 12.2 Å². The van der Waals surface area contributed by atoms with Crippen molar-refractivity contribution in [1.29, 1.82) is 0 Å². The molecule has 0 heterocycles. The zero-order valence-electron chi connectivity index (χ0n) is 15.7. The normalized spacial score (nSPS) is 12.4. The molecule has 0 fully saturated rings. The standard InChI is InChI=1S/C19H20N4O4S2/c1-12-5-3-4-6-17(12)23-18(25)16(13(2)24)11-21-19(28)22-14-7-9-15(10-8-14)29(20,26)27/h3-11,24H,1-2H3,(H,22,28)(H,23,25)(H2,20,26,27)/b16-13+,21-11+. The molecule has 0 radical (unpaired) electrons. The highest BCUT2D eigenvalue weighted by atomic mass is 32.2. The Morgan fingerprint density at radius 1 is 1.14 bits per heavy atom. The summed E-state index contributed by atoms with van der Waals surface area (Å²) in [6.45, 7) is 3.21. The Bertz CT molecular complexity index is 1090. The highest BCUT2D eigenvalue weighted by molar-refractivity contribution is 7.89. The van der Waals surface area contributed by atoms with Gasteiger partial charge in [-0.3, -0.25) is 4.79 Å². The summed E-state index contributed by atoms with van der Waals surface area (Å²) < 4.78 is 22.5. The average molecular weight is 433 g/mol. The fourth-order valence-electron chi connectivity index (χ4n) is 2.23. The van der Waals surface area contributed by atoms with Gasteiger partial charge < -0.3 is 15.7 Å². The number of carbonyl (C=O) groups excluding carboxylic acids is 1. The summed E-state index contributed by atoms with van der Waals surface area (Å²) in [5.41, 5.74) is 1.91. The summed E-state index contributed by atoms with van der Waals surface area (Å²) in [7, 11) is -3.79. The molecule has 0 spiro atoms. The number of nitrogens with zero attached hydrogens (tertiary/aromatic N) is 1. The number of aliphatic imine (C=N–C) groups is 1. The van der Waals surface area contributed by atoms with Gasteiger partial charge in [-0.05, 0) is 62.0 Å². The van der Waals surface area contributed by atoms with Crippen molar-refractivity contribution in [3.05, 3.63) is 65.4 Å². The Morgan fingerprint density at radius 3 is 2.31 bits per heavy atom. The third-order valence-corrected chi connectivity index (χ3v) is 4.91. The summed E-state index contributed by atoms with van der Waals surface area (Å²) in [5.74, 6) is -0.761. The summed E-state index contributed by atoms with van der Waals surface area (Å²) in [5, 5.41) is 20.4. The van der Waals surface area contributed by atoms with Gasteiger partial charge in [-0.25, -0.2) is 18.5 Å². The van der Waals surface area contributed by atoms with Gasteiger partial charge in [-0.15, -0.1) is 0 Å². The summed E-state index contributed by atoms with van der Waals surface area (Å²) in [6.07, 6.45) is 1.15. The second-order valence-electron chi connectivity index (χ2n) is 6.03. The molecule has 0 aromatic heterocycles. The van der Waals surface area contributed by atoms with Crippen molar-refractivity contribution in [1.82, 2.24) is 0 Å². The van der Waals surface area contributed by atoms with Crippen molar-refractivity contribution >= 4 is 50.9 Å². The number of thiocarbonyl (C=S) groups is 1. The molecule has 0 aliphatic rings. The molecule has 8 nitrogen and oxygen atoms in total. The van der Waals surface area contributed by atoms with Crippen LogP contribution in [0.2, 0.25) is 0 Å². The molecule has 1 amide bonds. The first-order chi connectivity index (χ1) is 13.6. The quantitative estimate of drug-likeness (QED) is 0.248. The van der Waals surface area contributed by atoms with E-state index < -0.39 is 15.9 Å². The number of sulfonamides is 1. The molecule has 152 valence electrons. The molecule has 0 aliphatic carbocycles. The topological polar surface area (TPSA) is 134 Å². The van der Waals surface area contributed by atoms with E-state index >= 15 is 0 Å². The largest absolute Gasteiger partial charge is 0.512 e. The first kappa shape index (κ1) is 22.2. The SMILES string of the molecule is C/C(O)=C(/C=N/C(=S)Nc1ccc(S(N)(=O)=O)cc1)C(=O)Nc1ccccc1C. The average Bonchev–Trinajstić information content (AvgIpc) is 2.63. The Labute approximate surface area is 174 Å². The van der Waals surface area contributed by atoms with Crippen LogP contribution in [0.5, 0.6) is 0 Å². The minimum Gasteiger partial charge on any atom is -0.512 e. The van der Waals surface area contributed by atoms with Gasteiger partial charge in [0.1, 0.15) is 5.76 Å². The molecule has 5 N–H and O–H groups in total. The third-order valence-electron chi connectivity index (χ3n) is 3.77. The minimum absolute atomic E-state index is 0.01000. The van der Waals surface area contributed by atoms with Crippen LogP contribution < -0.4 is 15.8 Å². The van der Waals surface area contributed by atoms with Gasteiger partial charge in [0.15, 0.2) is 5.11 Å². The van der Waals surface area contributed by atoms with Crippen LogP contribution in [0.1, 0.15) is 12.5 Å². The molecular weight excluding hydrogens is 412 g/mol. The number of aliphatic hydroxyl groups is 1. The smallest absolute Gasteiger partial charge is 0.260 e. The van der Waals surface area contributed by atoms with Gasteiger partial charge in [0.25, 0.3) is 5.91 Å². The molecule has 29 heavy (non-hydrogen) atoms. The van der Waals surface area contributed by atoms with Gasteiger partial charge in [0, 0.05) is 17.6 Å². The van der Waals surface area contributed by atoms with E-state index in [1.165, 1.54) is 31.2 Å². The minimum atomic E-state index is -3.79. The van der Waals surface area contributed by atoms with Crippen LogP contribution in [0.15, 0.2) is 69.8 Å². The van der Waals surface area contributed by atoms with Crippen LogP contribution in [0.25, 0.3) is 0 Å². The number of primary sulfonamides is 1. The number of para-hydroxylation sites is 1. The number of benzene rings is 2. The fraction of sp³-hybridized carbons (Fsp3) is 0.105. The summed E-state index contributed by atoms with van der Waals surface area (Å²) in [4.78, 5) is 16.4. The third kappa shape index (κ3) is 6.49. The number of aliphatic hydroxyl groups excluding tert-OH is 1. The van der Waals surface area contributed by atoms with E-state index in [1.807, 2.05) is 19.1 Å². The number of hydrogen-bond donors (Lipinski definition) is 4. The second-order valence-corrected chi connectivity index (χ2v) is 7.97. The highest BCUT2D eigenvalue weighted by Gasteiger charge is 2.13. The summed E-state index contributed by atoms with van der Waals surface area (Å²) in [6, 6.07) is 12.8. The number of carbonyl (C=O) groups is 1. The predicted molar refractivity (Wildman–Crippen MR) is 118 cm³/mol. The Kier molecular flexibility index (Phi) is 7.21. The van der Waals surface area contributed by atoms with Crippen molar-refractivity contribution in [2.75, 3.05) is 10.6 Å². The van der Waals surface area contributed by atoms with Crippen LogP contribution in [0.4, 0.5) is 11.4 Å². The van der Waals surface area contributed by atoms with Crippen LogP contribution in [-0.4, -0.2) is 30.8 Å². The molecule has 0 aliphatic heterocycles. The van der Waals surface area contributed by atoms with E-state index in [1.54, 1.807) is 12.1 Å². The maximum atomic E-state index is 12.5. The maximum absolute atomic E-state index is 12.5. The molecule has 2 aromatic rings. The molecule has 10 heteroatoms. The first-order valence-corrected chi connectivity index (χ1v) is 10.3. The van der Waals surface area contributed by atoms with E-state index in [2.05, 4.69) is 15.6 Å². The van der Waals surface area contributed by atoms with E-state index in [4.69, 9.17) is 17.4 Å². The molecule has 0 unspecified atom stereocenters. The number of hydrogen-bond acceptors (Lipinski definition) is 5. The van der Waals surface area contributed by atoms with E-state index in [0.29, 0.717) is 11.4 Å². The number of nitrogens with one attached hydrogen (secondary N) is 2. The predicted octanol–water partition coefficient (Wildman–Crippen LogP) is 2.88. The second kappa shape index (κ2) is 9.41.